The lowest BCUT2D eigenvalue weighted by atomic mass is 9.70. The summed E-state index contributed by atoms with van der Waals surface area (Å²) in [4.78, 5) is 0. The van der Waals surface area contributed by atoms with Crippen molar-refractivity contribution in [2.75, 3.05) is 6.61 Å². The van der Waals surface area contributed by atoms with E-state index in [1.54, 1.807) is 0 Å². The van der Waals surface area contributed by atoms with E-state index < -0.39 is 0 Å². The molecular weight excluding hydrogens is 304 g/mol. The third-order valence-corrected chi connectivity index (χ3v) is 5.20. The molecule has 19 heavy (non-hydrogen) atoms. The van der Waals surface area contributed by atoms with Gasteiger partial charge in [-0.25, -0.2) is 0 Å². The number of hydrogen-bond acceptors (Lipinski definition) is 3. The summed E-state index contributed by atoms with van der Waals surface area (Å²) in [7, 11) is 0. The number of nitrogens with two attached hydrogens (primary N) is 1. The summed E-state index contributed by atoms with van der Waals surface area (Å²) in [6.45, 7) is 0.874. The molecule has 0 bridgehead atoms. The molecule has 0 amide bonds. The van der Waals surface area contributed by atoms with Crippen LogP contribution >= 0.6 is 15.9 Å². The molecule has 1 spiro atoms. The molecule has 4 heteroatoms. The van der Waals surface area contributed by atoms with Crippen molar-refractivity contribution in [1.82, 2.24) is 5.43 Å². The minimum atomic E-state index is 0.174. The number of hydrazine groups is 1. The predicted octanol–water partition coefficient (Wildman–Crippen LogP) is 3.30. The van der Waals surface area contributed by atoms with Crippen LogP contribution in [0.4, 0.5) is 0 Å². The highest BCUT2D eigenvalue weighted by molar-refractivity contribution is 9.10. The summed E-state index contributed by atoms with van der Waals surface area (Å²) in [5.74, 6) is 6.39. The lowest BCUT2D eigenvalue weighted by Crippen LogP contribution is -2.48. The molecule has 1 aromatic rings. The molecule has 0 aromatic heterocycles. The van der Waals surface area contributed by atoms with Gasteiger partial charge in [-0.15, -0.1) is 0 Å². The average molecular weight is 325 g/mol. The van der Waals surface area contributed by atoms with E-state index in [1.807, 2.05) is 0 Å². The van der Waals surface area contributed by atoms with E-state index in [-0.39, 0.29) is 11.6 Å². The third-order valence-electron chi connectivity index (χ3n) is 4.68. The Labute approximate surface area is 123 Å². The molecule has 3 nitrogen and oxygen atoms in total. The quantitative estimate of drug-likeness (QED) is 0.662. The van der Waals surface area contributed by atoms with Gasteiger partial charge in [0.1, 0.15) is 0 Å². The average Bonchev–Trinajstić information content (AvgIpc) is 2.40. The minimum Gasteiger partial charge on any atom is -0.375 e. The molecule has 2 aliphatic rings. The lowest BCUT2D eigenvalue weighted by molar-refractivity contribution is -0.147. The fraction of sp³-hybridized carbons (Fsp3) is 0.600. The Hall–Kier alpha value is -0.420. The van der Waals surface area contributed by atoms with Crippen LogP contribution in [0.5, 0.6) is 0 Å². The molecule has 2 fully saturated rings. The smallest absolute Gasteiger partial charge is 0.0686 e. The summed E-state index contributed by atoms with van der Waals surface area (Å²) in [6, 6.07) is 8.69. The zero-order chi connectivity index (χ0) is 13.3. The van der Waals surface area contributed by atoms with Gasteiger partial charge in [-0.2, -0.15) is 0 Å². The van der Waals surface area contributed by atoms with Gasteiger partial charge in [0.15, 0.2) is 0 Å². The van der Waals surface area contributed by atoms with Crippen LogP contribution in [0.15, 0.2) is 28.7 Å². The first-order valence-electron chi connectivity index (χ1n) is 7.08. The topological polar surface area (TPSA) is 47.3 Å². The molecule has 2 unspecified atom stereocenters. The second-order valence-corrected chi connectivity index (χ2v) is 6.75. The highest BCUT2D eigenvalue weighted by atomic mass is 79.9. The first-order chi connectivity index (χ1) is 9.22. The maximum atomic E-state index is 6.01. The van der Waals surface area contributed by atoms with Gasteiger partial charge in [0.2, 0.25) is 0 Å². The van der Waals surface area contributed by atoms with Crippen LogP contribution in [0.25, 0.3) is 0 Å². The Balaban J connectivity index is 1.76. The lowest BCUT2D eigenvalue weighted by Gasteiger charge is -2.48. The zero-order valence-electron chi connectivity index (χ0n) is 11.1. The second kappa shape index (κ2) is 5.52. The first-order valence-corrected chi connectivity index (χ1v) is 7.87. The summed E-state index contributed by atoms with van der Waals surface area (Å²) in [5.41, 5.74) is 4.47. The molecule has 3 N–H and O–H groups in total. The third kappa shape index (κ3) is 2.72. The largest absolute Gasteiger partial charge is 0.375 e. The highest BCUT2D eigenvalue weighted by Gasteiger charge is 2.44. The number of rotatable bonds is 3. The van der Waals surface area contributed by atoms with Gasteiger partial charge in [0.25, 0.3) is 0 Å². The normalized spacial score (nSPS) is 26.9. The van der Waals surface area contributed by atoms with Crippen molar-refractivity contribution in [2.24, 2.45) is 11.8 Å². The van der Waals surface area contributed by atoms with E-state index in [4.69, 9.17) is 10.6 Å². The number of benzene rings is 1. The van der Waals surface area contributed by atoms with E-state index in [1.165, 1.54) is 24.8 Å². The van der Waals surface area contributed by atoms with Crippen molar-refractivity contribution in [3.8, 4) is 0 Å². The second-order valence-electron chi connectivity index (χ2n) is 5.83. The van der Waals surface area contributed by atoms with Crippen molar-refractivity contribution >= 4 is 15.9 Å². The fourth-order valence-electron chi connectivity index (χ4n) is 3.44. The Morgan fingerprint density at radius 3 is 2.63 bits per heavy atom. The van der Waals surface area contributed by atoms with Crippen molar-refractivity contribution < 1.29 is 4.74 Å². The molecule has 2 atom stereocenters. The van der Waals surface area contributed by atoms with Crippen LogP contribution in [-0.2, 0) is 4.74 Å². The van der Waals surface area contributed by atoms with E-state index in [2.05, 4.69) is 45.6 Å². The summed E-state index contributed by atoms with van der Waals surface area (Å²) in [6.07, 6.45) is 5.98. The summed E-state index contributed by atoms with van der Waals surface area (Å²) in [5, 5.41) is 0. The predicted molar refractivity (Wildman–Crippen MR) is 79.5 cm³/mol. The van der Waals surface area contributed by atoms with E-state index in [9.17, 15) is 0 Å². The molecule has 1 aromatic carbocycles. The van der Waals surface area contributed by atoms with Crippen LogP contribution in [0, 0.1) is 5.92 Å². The van der Waals surface area contributed by atoms with E-state index in [0.717, 1.165) is 23.9 Å². The highest BCUT2D eigenvalue weighted by Crippen LogP contribution is 2.47. The Bertz CT molecular complexity index is 430. The van der Waals surface area contributed by atoms with Crippen molar-refractivity contribution in [2.45, 2.75) is 43.7 Å². The van der Waals surface area contributed by atoms with Gasteiger partial charge >= 0.3 is 0 Å². The molecule has 1 aliphatic carbocycles. The van der Waals surface area contributed by atoms with Crippen molar-refractivity contribution in [3.05, 3.63) is 34.3 Å². The number of halogens is 1. The molecule has 1 saturated heterocycles. The molecule has 0 radical (unpaired) electrons. The Morgan fingerprint density at radius 2 is 2.05 bits per heavy atom. The van der Waals surface area contributed by atoms with Crippen molar-refractivity contribution in [1.29, 1.82) is 0 Å². The number of hydrogen-bond donors (Lipinski definition) is 2. The number of nitrogens with one attached hydrogen (secondary N) is 1. The summed E-state index contributed by atoms with van der Waals surface area (Å²) < 4.78 is 7.11. The first kappa shape index (κ1) is 13.6. The SMILES string of the molecule is NNC(c1ccc(Br)cc1)C1CCOC2(CCC2)C1. The minimum absolute atomic E-state index is 0.174. The number of ether oxygens (including phenoxy) is 1. The van der Waals surface area contributed by atoms with Crippen LogP contribution in [0.2, 0.25) is 0 Å². The molecular formula is C15H21BrN2O. The molecule has 3 rings (SSSR count). The van der Waals surface area contributed by atoms with Gasteiger partial charge in [0, 0.05) is 17.1 Å². The molecule has 1 aliphatic heterocycles. The zero-order valence-corrected chi connectivity index (χ0v) is 12.7. The Kier molecular flexibility index (Phi) is 3.94. The van der Waals surface area contributed by atoms with Gasteiger partial charge in [0.05, 0.1) is 5.60 Å². The van der Waals surface area contributed by atoms with Crippen LogP contribution in [0.1, 0.15) is 43.7 Å². The maximum Gasteiger partial charge on any atom is 0.0686 e. The van der Waals surface area contributed by atoms with Crippen molar-refractivity contribution in [3.63, 3.8) is 0 Å². The Morgan fingerprint density at radius 1 is 1.32 bits per heavy atom. The molecule has 1 heterocycles. The van der Waals surface area contributed by atoms with Gasteiger partial charge in [-0.3, -0.25) is 11.3 Å². The fourth-order valence-corrected chi connectivity index (χ4v) is 3.71. The molecule has 1 saturated carbocycles. The van der Waals surface area contributed by atoms with Gasteiger partial charge < -0.3 is 4.74 Å². The van der Waals surface area contributed by atoms with Gasteiger partial charge in [-0.1, -0.05) is 28.1 Å². The standard InChI is InChI=1S/C15H21BrN2O/c16-13-4-2-11(3-5-13)14(18-17)12-6-9-19-15(10-12)7-1-8-15/h2-5,12,14,18H,1,6-10,17H2. The van der Waals surface area contributed by atoms with Gasteiger partial charge in [-0.05, 0) is 55.7 Å². The van der Waals surface area contributed by atoms with E-state index in [0.29, 0.717) is 5.92 Å². The van der Waals surface area contributed by atoms with Crippen LogP contribution in [0.3, 0.4) is 0 Å². The van der Waals surface area contributed by atoms with Crippen LogP contribution < -0.4 is 11.3 Å². The molecule has 104 valence electrons. The van der Waals surface area contributed by atoms with Crippen LogP contribution in [-0.4, -0.2) is 12.2 Å². The maximum absolute atomic E-state index is 6.01. The summed E-state index contributed by atoms with van der Waals surface area (Å²) >= 11 is 3.48. The monoisotopic (exact) mass is 324 g/mol. The van der Waals surface area contributed by atoms with E-state index >= 15 is 0 Å².